The first-order valence-electron chi connectivity index (χ1n) is 11.3. The van der Waals surface area contributed by atoms with Crippen molar-refractivity contribution >= 4 is 12.0 Å². The van der Waals surface area contributed by atoms with Crippen molar-refractivity contribution in [2.45, 2.75) is 51.8 Å². The SMILES string of the molecule is C=CCN(C(C)c1ccccc1)[C@@H](C=Cc1ccccc1)[C@H](CCO)C(=O)OC(C)(C)C. The molecular weight excluding hydrogens is 398 g/mol. The maximum absolute atomic E-state index is 13.2. The lowest BCUT2D eigenvalue weighted by Gasteiger charge is -2.38. The monoisotopic (exact) mass is 435 g/mol. The molecule has 0 aromatic heterocycles. The summed E-state index contributed by atoms with van der Waals surface area (Å²) in [5.41, 5.74) is 1.60. The van der Waals surface area contributed by atoms with Crippen molar-refractivity contribution in [1.82, 2.24) is 4.90 Å². The van der Waals surface area contributed by atoms with Crippen LogP contribution in [0.1, 0.15) is 51.3 Å². The quantitative estimate of drug-likeness (QED) is 0.366. The second-order valence-electron chi connectivity index (χ2n) is 8.98. The van der Waals surface area contributed by atoms with Gasteiger partial charge in [-0.15, -0.1) is 6.58 Å². The molecule has 1 N–H and O–H groups in total. The number of hydrogen-bond donors (Lipinski definition) is 1. The molecule has 0 bridgehead atoms. The van der Waals surface area contributed by atoms with Crippen molar-refractivity contribution in [3.05, 3.63) is 90.5 Å². The van der Waals surface area contributed by atoms with Gasteiger partial charge in [-0.3, -0.25) is 9.69 Å². The normalized spacial score (nSPS) is 14.8. The van der Waals surface area contributed by atoms with E-state index in [4.69, 9.17) is 4.74 Å². The summed E-state index contributed by atoms with van der Waals surface area (Å²) >= 11 is 0. The molecule has 0 saturated carbocycles. The van der Waals surface area contributed by atoms with Gasteiger partial charge in [0.25, 0.3) is 0 Å². The van der Waals surface area contributed by atoms with E-state index in [1.54, 1.807) is 0 Å². The molecule has 0 saturated heterocycles. The molecule has 0 fully saturated rings. The predicted molar refractivity (Wildman–Crippen MR) is 132 cm³/mol. The number of rotatable bonds is 11. The third-order valence-electron chi connectivity index (χ3n) is 5.35. The standard InChI is InChI=1S/C28H37NO3/c1-6-20-29(22(2)24-15-11-8-12-16-24)26(18-17-23-13-9-7-10-14-23)25(19-21-30)27(31)32-28(3,4)5/h6-18,22,25-26,30H,1,19-21H2,2-5H3/t22?,25-,26-/m0/s1. The Morgan fingerprint density at radius 1 is 1.09 bits per heavy atom. The highest BCUT2D eigenvalue weighted by molar-refractivity contribution is 5.74. The molecule has 0 amide bonds. The van der Waals surface area contributed by atoms with Crippen molar-refractivity contribution in [3.63, 3.8) is 0 Å². The number of aliphatic hydroxyl groups excluding tert-OH is 1. The smallest absolute Gasteiger partial charge is 0.311 e. The molecule has 4 nitrogen and oxygen atoms in total. The van der Waals surface area contributed by atoms with E-state index in [1.165, 1.54) is 0 Å². The summed E-state index contributed by atoms with van der Waals surface area (Å²) in [6.07, 6.45) is 6.26. The Morgan fingerprint density at radius 2 is 1.69 bits per heavy atom. The zero-order chi connectivity index (χ0) is 23.6. The zero-order valence-corrected chi connectivity index (χ0v) is 19.8. The molecule has 4 heteroatoms. The number of hydrogen-bond acceptors (Lipinski definition) is 4. The fourth-order valence-corrected chi connectivity index (χ4v) is 3.80. The third-order valence-corrected chi connectivity index (χ3v) is 5.35. The first-order chi connectivity index (χ1) is 15.3. The van der Waals surface area contributed by atoms with Gasteiger partial charge in [0, 0.05) is 25.2 Å². The summed E-state index contributed by atoms with van der Waals surface area (Å²) < 4.78 is 5.76. The second kappa shape index (κ2) is 12.4. The van der Waals surface area contributed by atoms with Crippen molar-refractivity contribution in [1.29, 1.82) is 0 Å². The molecular formula is C28H37NO3. The van der Waals surface area contributed by atoms with E-state index in [0.29, 0.717) is 13.0 Å². The minimum absolute atomic E-state index is 0.0308. The molecule has 0 heterocycles. The number of ether oxygens (including phenoxy) is 1. The number of benzene rings is 2. The lowest BCUT2D eigenvalue weighted by atomic mass is 9.91. The van der Waals surface area contributed by atoms with Gasteiger partial charge in [0.05, 0.1) is 5.92 Å². The lowest BCUT2D eigenvalue weighted by Crippen LogP contribution is -2.46. The number of esters is 1. The molecule has 0 spiro atoms. The van der Waals surface area contributed by atoms with E-state index < -0.39 is 11.5 Å². The molecule has 1 unspecified atom stereocenters. The zero-order valence-electron chi connectivity index (χ0n) is 19.8. The van der Waals surface area contributed by atoms with Crippen LogP contribution in [-0.4, -0.2) is 40.8 Å². The highest BCUT2D eigenvalue weighted by atomic mass is 16.6. The second-order valence-corrected chi connectivity index (χ2v) is 8.98. The lowest BCUT2D eigenvalue weighted by molar-refractivity contribution is -0.162. The summed E-state index contributed by atoms with van der Waals surface area (Å²) in [5.74, 6) is -0.825. The van der Waals surface area contributed by atoms with Crippen LogP contribution >= 0.6 is 0 Å². The van der Waals surface area contributed by atoms with Crippen molar-refractivity contribution in [3.8, 4) is 0 Å². The van der Waals surface area contributed by atoms with Gasteiger partial charge in [-0.1, -0.05) is 78.9 Å². The summed E-state index contributed by atoms with van der Waals surface area (Å²) in [4.78, 5) is 15.5. The Morgan fingerprint density at radius 3 is 2.22 bits per heavy atom. The molecule has 3 atom stereocenters. The summed E-state index contributed by atoms with van der Waals surface area (Å²) in [6, 6.07) is 20.0. The van der Waals surface area contributed by atoms with Crippen LogP contribution in [0.3, 0.4) is 0 Å². The minimum atomic E-state index is -0.604. The van der Waals surface area contributed by atoms with Crippen LogP contribution < -0.4 is 0 Å². The molecule has 2 aromatic rings. The van der Waals surface area contributed by atoms with Crippen LogP contribution in [0.4, 0.5) is 0 Å². The fraction of sp³-hybridized carbons (Fsp3) is 0.393. The third kappa shape index (κ3) is 7.77. The van der Waals surface area contributed by atoms with Crippen molar-refractivity contribution < 1.29 is 14.6 Å². The molecule has 0 aliphatic heterocycles. The van der Waals surface area contributed by atoms with Crippen LogP contribution in [0, 0.1) is 5.92 Å². The van der Waals surface area contributed by atoms with Gasteiger partial charge in [0.1, 0.15) is 5.60 Å². The Hall–Kier alpha value is -2.69. The van der Waals surface area contributed by atoms with Crippen molar-refractivity contribution in [2.24, 2.45) is 5.92 Å². The summed E-state index contributed by atoms with van der Waals surface area (Å²) in [7, 11) is 0. The Labute approximate surface area is 193 Å². The summed E-state index contributed by atoms with van der Waals surface area (Å²) in [5, 5.41) is 9.81. The predicted octanol–water partition coefficient (Wildman–Crippen LogP) is 5.66. The first-order valence-corrected chi connectivity index (χ1v) is 11.3. The van der Waals surface area contributed by atoms with E-state index in [0.717, 1.165) is 11.1 Å². The van der Waals surface area contributed by atoms with E-state index >= 15 is 0 Å². The van der Waals surface area contributed by atoms with Crippen molar-refractivity contribution in [2.75, 3.05) is 13.2 Å². The van der Waals surface area contributed by atoms with E-state index in [-0.39, 0.29) is 24.7 Å². The van der Waals surface area contributed by atoms with E-state index in [1.807, 2.05) is 81.5 Å². The molecule has 2 aromatic carbocycles. The van der Waals surface area contributed by atoms with Crippen LogP contribution in [0.2, 0.25) is 0 Å². The average Bonchev–Trinajstić information content (AvgIpc) is 2.77. The van der Waals surface area contributed by atoms with Gasteiger partial charge in [0.15, 0.2) is 0 Å². The van der Waals surface area contributed by atoms with E-state index in [2.05, 4.69) is 36.6 Å². The Bertz CT molecular complexity index is 855. The van der Waals surface area contributed by atoms with Gasteiger partial charge in [-0.25, -0.2) is 0 Å². The fourth-order valence-electron chi connectivity index (χ4n) is 3.80. The van der Waals surface area contributed by atoms with Gasteiger partial charge in [0.2, 0.25) is 0 Å². The van der Waals surface area contributed by atoms with Crippen LogP contribution in [0.25, 0.3) is 6.08 Å². The average molecular weight is 436 g/mol. The van der Waals surface area contributed by atoms with Crippen LogP contribution in [0.15, 0.2) is 79.4 Å². The molecule has 32 heavy (non-hydrogen) atoms. The number of aliphatic hydroxyl groups is 1. The van der Waals surface area contributed by atoms with Gasteiger partial charge >= 0.3 is 5.97 Å². The number of carbonyl (C=O) groups is 1. The highest BCUT2D eigenvalue weighted by Crippen LogP contribution is 2.30. The first kappa shape index (κ1) is 25.6. The molecule has 172 valence electrons. The minimum Gasteiger partial charge on any atom is -0.460 e. The Balaban J connectivity index is 2.50. The maximum Gasteiger partial charge on any atom is 0.311 e. The highest BCUT2D eigenvalue weighted by Gasteiger charge is 2.35. The van der Waals surface area contributed by atoms with Gasteiger partial charge < -0.3 is 9.84 Å². The molecule has 0 aliphatic rings. The number of nitrogens with zero attached hydrogens (tertiary/aromatic N) is 1. The van der Waals surface area contributed by atoms with Crippen LogP contribution in [-0.2, 0) is 9.53 Å². The topological polar surface area (TPSA) is 49.8 Å². The molecule has 2 rings (SSSR count). The molecule has 0 radical (unpaired) electrons. The number of carbonyl (C=O) groups excluding carboxylic acids is 1. The van der Waals surface area contributed by atoms with Gasteiger partial charge in [-0.2, -0.15) is 0 Å². The van der Waals surface area contributed by atoms with E-state index in [9.17, 15) is 9.90 Å². The summed E-state index contributed by atoms with van der Waals surface area (Å²) in [6.45, 7) is 12.2. The largest absolute Gasteiger partial charge is 0.460 e. The van der Waals surface area contributed by atoms with Crippen LogP contribution in [0.5, 0.6) is 0 Å². The Kier molecular flexibility index (Phi) is 9.89. The van der Waals surface area contributed by atoms with Gasteiger partial charge in [-0.05, 0) is 45.2 Å². The maximum atomic E-state index is 13.2. The molecule has 0 aliphatic carbocycles.